The standard InChI is InChI=1S/C14H29N2O7P/c1-13(2,3)8-16-10(17)6-7-15-12(19)11(18)14(4,5)9-23-24(20,21)22/h11,18H,6-9H2,1-5H3,(H,15,19)(H,16,17)(H2,20,21,22)/p-2/t11-/m1/s1. The van der Waals surface area contributed by atoms with E-state index in [4.69, 9.17) is 0 Å². The van der Waals surface area contributed by atoms with Gasteiger partial charge in [0.25, 0.3) is 0 Å². The number of carbonyl (C=O) groups excluding carboxylic acids is 2. The molecule has 0 aliphatic heterocycles. The zero-order valence-corrected chi connectivity index (χ0v) is 15.6. The van der Waals surface area contributed by atoms with Crippen molar-refractivity contribution in [2.45, 2.75) is 47.1 Å². The molecule has 0 heterocycles. The predicted octanol–water partition coefficient (Wildman–Crippen LogP) is -1.11. The number of aliphatic hydroxyl groups is 1. The van der Waals surface area contributed by atoms with Crippen LogP contribution in [0.5, 0.6) is 0 Å². The summed E-state index contributed by atoms with van der Waals surface area (Å²) in [5.41, 5.74) is -1.34. The predicted molar refractivity (Wildman–Crippen MR) is 83.4 cm³/mol. The summed E-state index contributed by atoms with van der Waals surface area (Å²) in [6.45, 7) is 8.56. The van der Waals surface area contributed by atoms with Gasteiger partial charge in [-0.2, -0.15) is 0 Å². The van der Waals surface area contributed by atoms with Crippen molar-refractivity contribution in [1.29, 1.82) is 0 Å². The molecule has 0 aromatic carbocycles. The lowest BCUT2D eigenvalue weighted by Gasteiger charge is -2.35. The molecule has 1 atom stereocenters. The highest BCUT2D eigenvalue weighted by Gasteiger charge is 2.34. The Bertz CT molecular complexity index is 482. The molecule has 0 aliphatic rings. The molecule has 142 valence electrons. The van der Waals surface area contributed by atoms with Gasteiger partial charge in [-0.15, -0.1) is 0 Å². The van der Waals surface area contributed by atoms with Gasteiger partial charge in [0.15, 0.2) is 0 Å². The van der Waals surface area contributed by atoms with Crippen molar-refractivity contribution >= 4 is 19.6 Å². The molecular weight excluding hydrogens is 339 g/mol. The van der Waals surface area contributed by atoms with Gasteiger partial charge < -0.3 is 34.6 Å². The molecule has 0 radical (unpaired) electrons. The summed E-state index contributed by atoms with van der Waals surface area (Å²) < 4.78 is 14.6. The summed E-state index contributed by atoms with van der Waals surface area (Å²) in [7, 11) is -5.18. The fourth-order valence-corrected chi connectivity index (χ4v) is 2.02. The van der Waals surface area contributed by atoms with Gasteiger partial charge in [0.1, 0.15) is 6.10 Å². The second-order valence-corrected chi connectivity index (χ2v) is 8.64. The first-order chi connectivity index (χ1) is 10.6. The first kappa shape index (κ1) is 23.0. The highest BCUT2D eigenvalue weighted by Crippen LogP contribution is 2.31. The molecule has 0 rings (SSSR count). The molecule has 0 saturated heterocycles. The van der Waals surface area contributed by atoms with Crippen molar-refractivity contribution in [3.8, 4) is 0 Å². The third kappa shape index (κ3) is 10.7. The van der Waals surface area contributed by atoms with Gasteiger partial charge in [-0.3, -0.25) is 9.59 Å². The molecular formula is C14H27N2O7P-2. The first-order valence-electron chi connectivity index (χ1n) is 7.53. The molecule has 0 saturated carbocycles. The van der Waals surface area contributed by atoms with Crippen molar-refractivity contribution in [3.63, 3.8) is 0 Å². The van der Waals surface area contributed by atoms with Gasteiger partial charge in [-0.05, 0) is 5.41 Å². The average Bonchev–Trinajstić information content (AvgIpc) is 2.40. The summed E-state index contributed by atoms with van der Waals surface area (Å²) in [5, 5.41) is 15.0. The minimum atomic E-state index is -5.18. The minimum Gasteiger partial charge on any atom is -0.790 e. The van der Waals surface area contributed by atoms with E-state index in [0.29, 0.717) is 6.54 Å². The van der Waals surface area contributed by atoms with Crippen molar-refractivity contribution in [3.05, 3.63) is 0 Å². The molecule has 0 spiro atoms. The maximum Gasteiger partial charge on any atom is 0.249 e. The van der Waals surface area contributed by atoms with Crippen LogP contribution in [0.15, 0.2) is 0 Å². The van der Waals surface area contributed by atoms with E-state index in [0.717, 1.165) is 0 Å². The quantitative estimate of drug-likeness (QED) is 0.438. The molecule has 9 nitrogen and oxygen atoms in total. The van der Waals surface area contributed by atoms with E-state index in [-0.39, 0.29) is 24.3 Å². The lowest BCUT2D eigenvalue weighted by molar-refractivity contribution is -0.343. The molecule has 0 aromatic rings. The number of phosphoric acid groups is 1. The second-order valence-electron chi connectivity index (χ2n) is 7.49. The van der Waals surface area contributed by atoms with E-state index >= 15 is 0 Å². The normalized spacial score (nSPS) is 14.2. The maximum atomic E-state index is 11.8. The highest BCUT2D eigenvalue weighted by molar-refractivity contribution is 7.43. The zero-order chi connectivity index (χ0) is 19.2. The molecule has 0 bridgehead atoms. The molecule has 0 aromatic heterocycles. The fourth-order valence-electron chi connectivity index (χ4n) is 1.53. The van der Waals surface area contributed by atoms with Crippen molar-refractivity contribution in [2.24, 2.45) is 10.8 Å². The van der Waals surface area contributed by atoms with Gasteiger partial charge in [0.05, 0.1) is 14.4 Å². The summed E-state index contributed by atoms with van der Waals surface area (Å²) in [4.78, 5) is 44.4. The topological polar surface area (TPSA) is 151 Å². The van der Waals surface area contributed by atoms with Crippen molar-refractivity contribution in [2.75, 3.05) is 19.7 Å². The van der Waals surface area contributed by atoms with E-state index < -0.39 is 31.9 Å². The minimum absolute atomic E-state index is 0.0183. The van der Waals surface area contributed by atoms with Gasteiger partial charge >= 0.3 is 0 Å². The largest absolute Gasteiger partial charge is 0.790 e. The number of hydrogen-bond acceptors (Lipinski definition) is 7. The monoisotopic (exact) mass is 366 g/mol. The Balaban J connectivity index is 4.26. The molecule has 0 aliphatic carbocycles. The Kier molecular flexibility index (Phi) is 8.55. The third-order valence-electron chi connectivity index (χ3n) is 3.05. The van der Waals surface area contributed by atoms with Crippen LogP contribution >= 0.6 is 7.82 Å². The molecule has 2 amide bonds. The van der Waals surface area contributed by atoms with Crippen LogP contribution in [0.3, 0.4) is 0 Å². The number of rotatable bonds is 9. The third-order valence-corrected chi connectivity index (χ3v) is 3.50. The maximum absolute atomic E-state index is 11.8. The molecule has 3 N–H and O–H groups in total. The number of carbonyl (C=O) groups is 2. The smallest absolute Gasteiger partial charge is 0.249 e. The number of amides is 2. The molecule has 24 heavy (non-hydrogen) atoms. The van der Waals surface area contributed by atoms with Crippen LogP contribution in [0.25, 0.3) is 0 Å². The van der Waals surface area contributed by atoms with Crippen LogP contribution in [-0.4, -0.2) is 42.7 Å². The fraction of sp³-hybridized carbons (Fsp3) is 0.857. The van der Waals surface area contributed by atoms with Gasteiger partial charge in [-0.25, -0.2) is 0 Å². The zero-order valence-electron chi connectivity index (χ0n) is 14.7. The first-order valence-corrected chi connectivity index (χ1v) is 8.99. The van der Waals surface area contributed by atoms with Crippen molar-refractivity contribution in [1.82, 2.24) is 10.6 Å². The molecule has 0 unspecified atom stereocenters. The average molecular weight is 366 g/mol. The van der Waals surface area contributed by atoms with Crippen molar-refractivity contribution < 1.29 is 33.6 Å². The van der Waals surface area contributed by atoms with Crippen LogP contribution in [0.4, 0.5) is 0 Å². The Hall–Kier alpha value is -0.990. The second kappa shape index (κ2) is 8.92. The van der Waals surface area contributed by atoms with Crippen LogP contribution < -0.4 is 20.4 Å². The van der Waals surface area contributed by atoms with Crippen LogP contribution in [0.2, 0.25) is 0 Å². The Morgan fingerprint density at radius 3 is 2.17 bits per heavy atom. The van der Waals surface area contributed by atoms with Gasteiger partial charge in [0.2, 0.25) is 11.8 Å². The Morgan fingerprint density at radius 2 is 1.71 bits per heavy atom. The van der Waals surface area contributed by atoms with E-state index in [1.54, 1.807) is 0 Å². The lowest BCUT2D eigenvalue weighted by Crippen LogP contribution is -2.47. The summed E-state index contributed by atoms with van der Waals surface area (Å²) >= 11 is 0. The summed E-state index contributed by atoms with van der Waals surface area (Å²) in [5.74, 6) is -1.01. The van der Waals surface area contributed by atoms with Crippen LogP contribution in [0, 0.1) is 10.8 Å². The SMILES string of the molecule is CC(C)(C)CNC(=O)CCNC(=O)[C@@H](O)C(C)(C)COP(=O)([O-])[O-]. The van der Waals surface area contributed by atoms with Gasteiger partial charge in [0, 0.05) is 24.9 Å². The Labute approximate surface area is 142 Å². The van der Waals surface area contributed by atoms with Crippen LogP contribution in [0.1, 0.15) is 41.0 Å². The number of phosphoric ester groups is 1. The number of nitrogens with one attached hydrogen (secondary N) is 2. The Morgan fingerprint density at radius 1 is 1.17 bits per heavy atom. The molecule has 10 heteroatoms. The lowest BCUT2D eigenvalue weighted by atomic mass is 9.87. The summed E-state index contributed by atoms with van der Waals surface area (Å²) in [6.07, 6.45) is -1.55. The van der Waals surface area contributed by atoms with E-state index in [2.05, 4.69) is 15.2 Å². The van der Waals surface area contributed by atoms with E-state index in [9.17, 15) is 29.0 Å². The number of hydrogen-bond donors (Lipinski definition) is 3. The molecule has 0 fully saturated rings. The highest BCUT2D eigenvalue weighted by atomic mass is 31.2. The van der Waals surface area contributed by atoms with Crippen LogP contribution in [-0.2, 0) is 18.7 Å². The number of aliphatic hydroxyl groups excluding tert-OH is 1. The van der Waals surface area contributed by atoms with Gasteiger partial charge in [-0.1, -0.05) is 34.6 Å². The van der Waals surface area contributed by atoms with E-state index in [1.165, 1.54) is 13.8 Å². The van der Waals surface area contributed by atoms with E-state index in [1.807, 2.05) is 20.8 Å². The summed E-state index contributed by atoms with van der Waals surface area (Å²) in [6, 6.07) is 0.